The lowest BCUT2D eigenvalue weighted by atomic mass is 9.93. The summed E-state index contributed by atoms with van der Waals surface area (Å²) >= 11 is 0. The molecule has 146 valence electrons. The number of guanidine groups is 1. The van der Waals surface area contributed by atoms with E-state index < -0.39 is 0 Å². The van der Waals surface area contributed by atoms with Crippen molar-refractivity contribution >= 4 is 16.9 Å². The van der Waals surface area contributed by atoms with Crippen LogP contribution < -0.4 is 5.32 Å². The highest BCUT2D eigenvalue weighted by molar-refractivity contribution is 5.83. The summed E-state index contributed by atoms with van der Waals surface area (Å²) in [6.07, 6.45) is 8.87. The fourth-order valence-corrected chi connectivity index (χ4v) is 3.97. The molecule has 3 heterocycles. The Kier molecular flexibility index (Phi) is 5.55. The van der Waals surface area contributed by atoms with Gasteiger partial charge in [-0.15, -0.1) is 0 Å². The number of benzene rings is 1. The van der Waals surface area contributed by atoms with Gasteiger partial charge in [0.25, 0.3) is 0 Å². The molecule has 1 fully saturated rings. The van der Waals surface area contributed by atoms with Crippen LogP contribution in [0.15, 0.2) is 60.2 Å². The number of rotatable bonds is 4. The normalized spacial score (nSPS) is 20.5. The van der Waals surface area contributed by atoms with Gasteiger partial charge in [-0.1, -0.05) is 25.1 Å². The van der Waals surface area contributed by atoms with E-state index in [9.17, 15) is 0 Å². The van der Waals surface area contributed by atoms with Crippen LogP contribution in [0.3, 0.4) is 0 Å². The van der Waals surface area contributed by atoms with Gasteiger partial charge >= 0.3 is 0 Å². The van der Waals surface area contributed by atoms with E-state index in [0.717, 1.165) is 37.5 Å². The van der Waals surface area contributed by atoms with Gasteiger partial charge in [-0.3, -0.25) is 4.98 Å². The third-order valence-electron chi connectivity index (χ3n) is 5.60. The predicted octanol–water partition coefficient (Wildman–Crippen LogP) is 3.48. The number of likely N-dealkylation sites (tertiary alicyclic amines) is 1. The second-order valence-electron chi connectivity index (χ2n) is 7.45. The number of fused-ring (bicyclic) bond motifs is 1. The van der Waals surface area contributed by atoms with Gasteiger partial charge < -0.3 is 14.8 Å². The molecule has 2 aromatic heterocycles. The van der Waals surface area contributed by atoms with E-state index >= 15 is 0 Å². The van der Waals surface area contributed by atoms with Crippen molar-refractivity contribution in [3.63, 3.8) is 0 Å². The molecule has 28 heavy (non-hydrogen) atoms. The van der Waals surface area contributed by atoms with Crippen molar-refractivity contribution in [3.8, 4) is 0 Å². The first-order chi connectivity index (χ1) is 13.8. The molecule has 3 aromatic rings. The maximum Gasteiger partial charge on any atom is 0.194 e. The van der Waals surface area contributed by atoms with E-state index in [1.54, 1.807) is 0 Å². The molecule has 2 unspecified atom stereocenters. The monoisotopic (exact) mass is 376 g/mol. The molecule has 6 nitrogen and oxygen atoms in total. The van der Waals surface area contributed by atoms with E-state index in [4.69, 9.17) is 4.99 Å². The van der Waals surface area contributed by atoms with Crippen LogP contribution in [0.25, 0.3) is 10.9 Å². The lowest BCUT2D eigenvalue weighted by Gasteiger charge is -2.39. The molecular weight excluding hydrogens is 348 g/mol. The summed E-state index contributed by atoms with van der Waals surface area (Å²) in [5.74, 6) is 1.61. The predicted molar refractivity (Wildman–Crippen MR) is 113 cm³/mol. The summed E-state index contributed by atoms with van der Waals surface area (Å²) in [5, 5.41) is 4.66. The molecule has 6 heteroatoms. The van der Waals surface area contributed by atoms with E-state index in [0.29, 0.717) is 18.5 Å². The summed E-state index contributed by atoms with van der Waals surface area (Å²) in [6.45, 7) is 7.92. The van der Waals surface area contributed by atoms with Crippen molar-refractivity contribution in [3.05, 3.63) is 60.8 Å². The largest absolute Gasteiger partial charge is 0.357 e. The molecular formula is C22H28N6. The molecule has 1 N–H and O–H groups in total. The zero-order chi connectivity index (χ0) is 19.3. The number of nitrogens with one attached hydrogen (secondary N) is 1. The average molecular weight is 377 g/mol. The summed E-state index contributed by atoms with van der Waals surface area (Å²) < 4.78 is 2.23. The summed E-state index contributed by atoms with van der Waals surface area (Å²) in [6, 6.07) is 10.7. The van der Waals surface area contributed by atoms with Crippen LogP contribution >= 0.6 is 0 Å². The zero-order valence-corrected chi connectivity index (χ0v) is 16.6. The van der Waals surface area contributed by atoms with Crippen LogP contribution in [0.2, 0.25) is 0 Å². The van der Waals surface area contributed by atoms with Gasteiger partial charge in [0.2, 0.25) is 0 Å². The smallest absolute Gasteiger partial charge is 0.194 e. The summed E-state index contributed by atoms with van der Waals surface area (Å²) in [7, 11) is 0. The SMILES string of the molecule is CCNC(=NCc1ccnc2ccccc12)N1CCC(C)C(n2ccnc2)C1. The third-order valence-corrected chi connectivity index (χ3v) is 5.60. The number of para-hydroxylation sites is 1. The lowest BCUT2D eigenvalue weighted by Crippen LogP contribution is -2.49. The molecule has 1 aliphatic rings. The summed E-state index contributed by atoms with van der Waals surface area (Å²) in [4.78, 5) is 16.1. The number of pyridine rings is 1. The van der Waals surface area contributed by atoms with Gasteiger partial charge in [0.15, 0.2) is 5.96 Å². The quantitative estimate of drug-likeness (QED) is 0.559. The number of nitrogens with zero attached hydrogens (tertiary/aromatic N) is 5. The summed E-state index contributed by atoms with van der Waals surface area (Å²) in [5.41, 5.74) is 2.23. The molecule has 0 spiro atoms. The van der Waals surface area contributed by atoms with Crippen LogP contribution in [0, 0.1) is 5.92 Å². The van der Waals surface area contributed by atoms with Crippen molar-refractivity contribution in [1.82, 2.24) is 24.8 Å². The fourth-order valence-electron chi connectivity index (χ4n) is 3.97. The Balaban J connectivity index is 1.56. The van der Waals surface area contributed by atoms with E-state index in [-0.39, 0.29) is 0 Å². The molecule has 1 saturated heterocycles. The van der Waals surface area contributed by atoms with Crippen molar-refractivity contribution in [2.45, 2.75) is 32.9 Å². The van der Waals surface area contributed by atoms with Gasteiger partial charge in [0.05, 0.1) is 24.4 Å². The van der Waals surface area contributed by atoms with E-state index in [1.807, 2.05) is 24.8 Å². The first-order valence-electron chi connectivity index (χ1n) is 10.1. The molecule has 0 bridgehead atoms. The van der Waals surface area contributed by atoms with Gasteiger partial charge in [0, 0.05) is 43.6 Å². The van der Waals surface area contributed by atoms with Crippen LogP contribution in [-0.4, -0.2) is 45.0 Å². The molecule has 1 aromatic carbocycles. The van der Waals surface area contributed by atoms with Gasteiger partial charge in [-0.2, -0.15) is 0 Å². The Morgan fingerprint density at radius 3 is 2.96 bits per heavy atom. The van der Waals surface area contributed by atoms with Crippen molar-refractivity contribution in [1.29, 1.82) is 0 Å². The third kappa shape index (κ3) is 3.86. The molecule has 0 amide bonds. The number of aromatic nitrogens is 3. The van der Waals surface area contributed by atoms with Crippen molar-refractivity contribution in [2.24, 2.45) is 10.9 Å². The van der Waals surface area contributed by atoms with Crippen molar-refractivity contribution < 1.29 is 0 Å². The van der Waals surface area contributed by atoms with Crippen LogP contribution in [0.4, 0.5) is 0 Å². The van der Waals surface area contributed by atoms with E-state index in [2.05, 4.69) is 69.1 Å². The van der Waals surface area contributed by atoms with Crippen molar-refractivity contribution in [2.75, 3.05) is 19.6 Å². The highest BCUT2D eigenvalue weighted by Crippen LogP contribution is 2.27. The number of piperidine rings is 1. The molecule has 0 saturated carbocycles. The maximum absolute atomic E-state index is 4.98. The Morgan fingerprint density at radius 2 is 2.14 bits per heavy atom. The molecule has 2 atom stereocenters. The van der Waals surface area contributed by atoms with Gasteiger partial charge in [-0.25, -0.2) is 9.98 Å². The average Bonchev–Trinajstić information content (AvgIpc) is 3.26. The second-order valence-corrected chi connectivity index (χ2v) is 7.45. The Labute approximate surface area is 166 Å². The minimum atomic E-state index is 0.418. The molecule has 0 aliphatic carbocycles. The molecule has 0 radical (unpaired) electrons. The van der Waals surface area contributed by atoms with Gasteiger partial charge in [-0.05, 0) is 37.0 Å². The highest BCUT2D eigenvalue weighted by Gasteiger charge is 2.28. The number of aliphatic imine (C=N–C) groups is 1. The Bertz CT molecular complexity index is 928. The minimum Gasteiger partial charge on any atom is -0.357 e. The highest BCUT2D eigenvalue weighted by atomic mass is 15.3. The number of hydrogen-bond donors (Lipinski definition) is 1. The standard InChI is InChI=1S/C22H28N6/c1-3-24-22(26-14-18-8-10-25-20-7-5-4-6-19(18)20)27-12-9-17(2)21(15-27)28-13-11-23-16-28/h4-8,10-11,13,16-17,21H,3,9,12,14-15H2,1-2H3,(H,24,26). The van der Waals surface area contributed by atoms with Crippen LogP contribution in [0.1, 0.15) is 31.9 Å². The van der Waals surface area contributed by atoms with Gasteiger partial charge in [0.1, 0.15) is 0 Å². The lowest BCUT2D eigenvalue weighted by molar-refractivity contribution is 0.189. The van der Waals surface area contributed by atoms with E-state index in [1.165, 1.54) is 10.9 Å². The second kappa shape index (κ2) is 8.42. The zero-order valence-electron chi connectivity index (χ0n) is 16.6. The number of hydrogen-bond acceptors (Lipinski definition) is 3. The Hall–Kier alpha value is -2.89. The number of imidazole rings is 1. The molecule has 4 rings (SSSR count). The topological polar surface area (TPSA) is 58.3 Å². The maximum atomic E-state index is 4.98. The first-order valence-corrected chi connectivity index (χ1v) is 10.1. The fraction of sp³-hybridized carbons (Fsp3) is 0.409. The van der Waals surface area contributed by atoms with Crippen LogP contribution in [-0.2, 0) is 6.54 Å². The van der Waals surface area contributed by atoms with Crippen LogP contribution in [0.5, 0.6) is 0 Å². The Morgan fingerprint density at radius 1 is 1.25 bits per heavy atom. The molecule has 1 aliphatic heterocycles. The first kappa shape index (κ1) is 18.5. The minimum absolute atomic E-state index is 0.418.